The minimum atomic E-state index is -0.560. The second-order valence-electron chi connectivity index (χ2n) is 10.1. The average Bonchev–Trinajstić information content (AvgIpc) is 3.36. The van der Waals surface area contributed by atoms with E-state index in [-0.39, 0.29) is 30.6 Å². The summed E-state index contributed by atoms with van der Waals surface area (Å²) in [7, 11) is 0. The van der Waals surface area contributed by atoms with Crippen LogP contribution in [0.3, 0.4) is 0 Å². The molecule has 2 aliphatic rings. The molecule has 2 aromatic heterocycles. The number of imidazole rings is 1. The van der Waals surface area contributed by atoms with E-state index in [1.54, 1.807) is 47.5 Å². The smallest absolute Gasteiger partial charge is 0.260 e. The number of hydrogen-bond acceptors (Lipinski definition) is 6. The molecule has 11 nitrogen and oxygen atoms in total. The van der Waals surface area contributed by atoms with Gasteiger partial charge in [-0.05, 0) is 56.0 Å². The largest absolute Gasteiger partial charge is 0.472 e. The van der Waals surface area contributed by atoms with Gasteiger partial charge in [0.25, 0.3) is 5.91 Å². The third kappa shape index (κ3) is 4.78. The van der Waals surface area contributed by atoms with Crippen LogP contribution in [0.25, 0.3) is 22.4 Å². The van der Waals surface area contributed by atoms with Crippen molar-refractivity contribution in [1.82, 2.24) is 19.4 Å². The minimum Gasteiger partial charge on any atom is -0.472 e. The van der Waals surface area contributed by atoms with Crippen molar-refractivity contribution in [3.05, 3.63) is 76.6 Å². The van der Waals surface area contributed by atoms with Crippen LogP contribution in [-0.4, -0.2) is 56.2 Å². The van der Waals surface area contributed by atoms with Crippen LogP contribution in [0, 0.1) is 5.41 Å². The lowest BCUT2D eigenvalue weighted by atomic mass is 9.89. The first-order chi connectivity index (χ1) is 19.9. The lowest BCUT2D eigenvalue weighted by Crippen LogP contribution is -2.47. The van der Waals surface area contributed by atoms with Crippen molar-refractivity contribution >= 4 is 46.6 Å². The molecule has 2 amide bonds. The Morgan fingerprint density at radius 3 is 2.73 bits per heavy atom. The molecule has 2 atom stereocenters. The molecule has 12 heteroatoms. The van der Waals surface area contributed by atoms with E-state index in [2.05, 4.69) is 14.5 Å². The topological polar surface area (TPSA) is 166 Å². The second-order valence-corrected chi connectivity index (χ2v) is 10.5. The highest BCUT2D eigenvalue weighted by atomic mass is 35.5. The quantitative estimate of drug-likeness (QED) is 0.233. The van der Waals surface area contributed by atoms with Crippen molar-refractivity contribution in [2.45, 2.75) is 37.8 Å². The summed E-state index contributed by atoms with van der Waals surface area (Å²) in [6.45, 7) is 0.150. The minimum absolute atomic E-state index is 0.0839. The van der Waals surface area contributed by atoms with Gasteiger partial charge in [-0.25, -0.2) is 9.98 Å². The zero-order valence-electron chi connectivity index (χ0n) is 22.0. The number of nitrogens with one attached hydrogen (secondary N) is 1. The molecule has 2 aromatic carbocycles. The normalized spacial score (nSPS) is 19.1. The molecule has 0 spiro atoms. The Morgan fingerprint density at radius 1 is 1.12 bits per heavy atom. The van der Waals surface area contributed by atoms with Crippen LogP contribution in [0.2, 0.25) is 5.02 Å². The van der Waals surface area contributed by atoms with E-state index in [0.717, 1.165) is 31.1 Å². The number of aliphatic imine (C=N–C) groups is 1. The van der Waals surface area contributed by atoms with Gasteiger partial charge in [-0.1, -0.05) is 29.8 Å². The van der Waals surface area contributed by atoms with Crippen molar-refractivity contribution in [3.63, 3.8) is 0 Å². The Bertz CT molecular complexity index is 1730. The van der Waals surface area contributed by atoms with E-state index in [9.17, 15) is 9.59 Å². The standard InChI is InChI=1S/C29H27ClN8O3/c30-16-8-9-25-21(10-16)29(40)37(15-41-25)17-4-3-5-18(11-17)38-24-12-22(26(32)35-14-31)34-13-23(24)36-28(38)20-7-2-1-6-19(20)27(33)39/h1-2,6-10,12-14,17-18H,3-5,11,15H2,(H2,33,39)(H3,31,32,35). The summed E-state index contributed by atoms with van der Waals surface area (Å²) in [5.74, 6) is 0.522. The van der Waals surface area contributed by atoms with E-state index in [1.165, 1.54) is 0 Å². The molecule has 4 aromatic rings. The molecular formula is C29H27ClN8O3. The summed E-state index contributed by atoms with van der Waals surface area (Å²) in [5, 5.41) is 7.76. The summed E-state index contributed by atoms with van der Waals surface area (Å²) < 4.78 is 8.02. The molecule has 0 radical (unpaired) electrons. The number of amidine groups is 1. The Hall–Kier alpha value is -4.77. The molecule has 2 unspecified atom stereocenters. The SMILES string of the molecule is N=CN=C(N)c1cc2c(cn1)nc(-c1ccccc1C(N)=O)n2C1CCCC(N2COc3ccc(Cl)cc3C2=O)C1. The molecule has 41 heavy (non-hydrogen) atoms. The first-order valence-corrected chi connectivity index (χ1v) is 13.6. The average molecular weight is 571 g/mol. The first-order valence-electron chi connectivity index (χ1n) is 13.2. The maximum atomic E-state index is 13.5. The Kier molecular flexibility index (Phi) is 6.88. The van der Waals surface area contributed by atoms with Crippen LogP contribution in [0.4, 0.5) is 0 Å². The summed E-state index contributed by atoms with van der Waals surface area (Å²) >= 11 is 6.18. The molecule has 6 rings (SSSR count). The summed E-state index contributed by atoms with van der Waals surface area (Å²) in [4.78, 5) is 40.8. The molecule has 5 N–H and O–H groups in total. The van der Waals surface area contributed by atoms with Crippen LogP contribution < -0.4 is 16.2 Å². The highest BCUT2D eigenvalue weighted by Gasteiger charge is 2.36. The fraction of sp³-hybridized carbons (Fsp3) is 0.241. The predicted molar refractivity (Wildman–Crippen MR) is 155 cm³/mol. The van der Waals surface area contributed by atoms with Crippen molar-refractivity contribution in [3.8, 4) is 17.1 Å². The number of ether oxygens (including phenoxy) is 1. The van der Waals surface area contributed by atoms with Gasteiger partial charge in [0, 0.05) is 22.7 Å². The maximum Gasteiger partial charge on any atom is 0.260 e. The van der Waals surface area contributed by atoms with Crippen LogP contribution in [-0.2, 0) is 0 Å². The molecule has 1 fully saturated rings. The van der Waals surface area contributed by atoms with Crippen LogP contribution >= 0.6 is 11.6 Å². The van der Waals surface area contributed by atoms with Gasteiger partial charge in [0.05, 0.1) is 22.8 Å². The monoisotopic (exact) mass is 570 g/mol. The Labute approximate surface area is 240 Å². The molecule has 0 bridgehead atoms. The van der Waals surface area contributed by atoms with Gasteiger partial charge in [-0.15, -0.1) is 0 Å². The highest BCUT2D eigenvalue weighted by Crippen LogP contribution is 2.40. The predicted octanol–water partition coefficient (Wildman–Crippen LogP) is 4.14. The van der Waals surface area contributed by atoms with E-state index in [4.69, 9.17) is 38.2 Å². The van der Waals surface area contributed by atoms with Crippen molar-refractivity contribution in [2.75, 3.05) is 6.73 Å². The van der Waals surface area contributed by atoms with Gasteiger partial charge in [-0.3, -0.25) is 20.0 Å². The van der Waals surface area contributed by atoms with Crippen molar-refractivity contribution in [1.29, 1.82) is 5.41 Å². The number of aromatic nitrogens is 3. The number of rotatable bonds is 6. The molecule has 1 aliphatic heterocycles. The van der Waals surface area contributed by atoms with Gasteiger partial charge >= 0.3 is 0 Å². The number of nitrogens with zero attached hydrogens (tertiary/aromatic N) is 5. The van der Waals surface area contributed by atoms with E-state index < -0.39 is 5.91 Å². The van der Waals surface area contributed by atoms with E-state index in [1.807, 2.05) is 12.1 Å². The molecule has 0 saturated heterocycles. The van der Waals surface area contributed by atoms with Gasteiger partial charge in [-0.2, -0.15) is 0 Å². The number of carbonyl (C=O) groups excluding carboxylic acids is 2. The van der Waals surface area contributed by atoms with Gasteiger partial charge in [0.2, 0.25) is 5.91 Å². The zero-order valence-corrected chi connectivity index (χ0v) is 22.7. The van der Waals surface area contributed by atoms with Gasteiger partial charge in [0.1, 0.15) is 29.1 Å². The third-order valence-electron chi connectivity index (χ3n) is 7.69. The lowest BCUT2D eigenvalue weighted by Gasteiger charge is -2.40. The molecule has 1 aliphatic carbocycles. The van der Waals surface area contributed by atoms with E-state index in [0.29, 0.717) is 50.9 Å². The van der Waals surface area contributed by atoms with E-state index >= 15 is 0 Å². The summed E-state index contributed by atoms with van der Waals surface area (Å²) in [6, 6.07) is 13.8. The molecular weight excluding hydrogens is 544 g/mol. The second kappa shape index (κ2) is 10.7. The number of carbonyl (C=O) groups is 2. The summed E-state index contributed by atoms with van der Waals surface area (Å²) in [6.07, 6.45) is 5.58. The van der Waals surface area contributed by atoms with Gasteiger partial charge < -0.3 is 25.7 Å². The maximum absolute atomic E-state index is 13.5. The molecule has 208 valence electrons. The third-order valence-corrected chi connectivity index (χ3v) is 7.93. The Balaban J connectivity index is 1.45. The zero-order chi connectivity index (χ0) is 28.7. The molecule has 1 saturated carbocycles. The lowest BCUT2D eigenvalue weighted by molar-refractivity contribution is 0.0280. The highest BCUT2D eigenvalue weighted by molar-refractivity contribution is 6.31. The van der Waals surface area contributed by atoms with Gasteiger partial charge in [0.15, 0.2) is 12.6 Å². The van der Waals surface area contributed by atoms with Crippen LogP contribution in [0.15, 0.2) is 59.7 Å². The first kappa shape index (κ1) is 26.5. The Morgan fingerprint density at radius 2 is 1.93 bits per heavy atom. The van der Waals surface area contributed by atoms with Crippen molar-refractivity contribution in [2.24, 2.45) is 16.5 Å². The van der Waals surface area contributed by atoms with Crippen molar-refractivity contribution < 1.29 is 14.3 Å². The van der Waals surface area contributed by atoms with Crippen LogP contribution in [0.5, 0.6) is 5.75 Å². The number of amides is 2. The summed E-state index contributed by atoms with van der Waals surface area (Å²) in [5.41, 5.74) is 15.0. The van der Waals surface area contributed by atoms with Crippen LogP contribution in [0.1, 0.15) is 58.1 Å². The number of benzene rings is 2. The number of pyridine rings is 1. The fourth-order valence-corrected chi connectivity index (χ4v) is 5.97. The number of hydrogen-bond donors (Lipinski definition) is 3. The molecule has 3 heterocycles. The number of nitrogens with two attached hydrogens (primary N) is 2. The number of primary amides is 1. The number of fused-ring (bicyclic) bond motifs is 2. The fourth-order valence-electron chi connectivity index (χ4n) is 5.80. The number of halogens is 1.